The summed E-state index contributed by atoms with van der Waals surface area (Å²) in [7, 11) is 1.00. The Labute approximate surface area is 283 Å². The van der Waals surface area contributed by atoms with Gasteiger partial charge in [-0.25, -0.2) is 4.39 Å². The number of nitrogens with zero attached hydrogens (tertiary/aromatic N) is 1. The zero-order valence-corrected chi connectivity index (χ0v) is 28.5. The quantitative estimate of drug-likeness (QED) is 0.148. The van der Waals surface area contributed by atoms with Crippen LogP contribution in [0.15, 0.2) is 108 Å². The van der Waals surface area contributed by atoms with Gasteiger partial charge in [-0.1, -0.05) is 93.9 Å². The molecule has 0 spiro atoms. The number of para-hydroxylation sites is 1. The number of amides is 1. The van der Waals surface area contributed by atoms with E-state index in [1.54, 1.807) is 29.2 Å². The zero-order valence-electron chi connectivity index (χ0n) is 28.5. The van der Waals surface area contributed by atoms with Crippen LogP contribution in [0.25, 0.3) is 0 Å². The van der Waals surface area contributed by atoms with Crippen molar-refractivity contribution in [2.24, 2.45) is 5.41 Å². The van der Waals surface area contributed by atoms with Gasteiger partial charge in [-0.05, 0) is 66.1 Å². The van der Waals surface area contributed by atoms with Crippen LogP contribution in [0.1, 0.15) is 69.7 Å². The highest BCUT2D eigenvalue weighted by Crippen LogP contribution is 2.48. The van der Waals surface area contributed by atoms with Crippen molar-refractivity contribution < 1.29 is 28.9 Å². The molecule has 0 bridgehead atoms. The van der Waals surface area contributed by atoms with Gasteiger partial charge in [0.15, 0.2) is 0 Å². The lowest BCUT2D eigenvalue weighted by molar-refractivity contribution is -0.119. The third-order valence-electron chi connectivity index (χ3n) is 8.57. The number of anilines is 2. The largest absolute Gasteiger partial charge is 0.506 e. The lowest BCUT2D eigenvalue weighted by Gasteiger charge is -2.33. The van der Waals surface area contributed by atoms with Crippen molar-refractivity contribution >= 4 is 24.1 Å². The van der Waals surface area contributed by atoms with Gasteiger partial charge in [-0.15, -0.1) is 0 Å². The number of phenolic OH excluding ortho intramolecular Hbond substituents is 1. The second-order valence-electron chi connectivity index (χ2n) is 12.3. The van der Waals surface area contributed by atoms with E-state index in [9.17, 15) is 9.90 Å². The number of halogens is 1. The first-order chi connectivity index (χ1) is 23.2. The van der Waals surface area contributed by atoms with Crippen molar-refractivity contribution in [3.8, 4) is 11.5 Å². The number of hydrogen-bond acceptors (Lipinski definition) is 6. The van der Waals surface area contributed by atoms with E-state index in [0.29, 0.717) is 42.1 Å². The van der Waals surface area contributed by atoms with Crippen LogP contribution in [0, 0.1) is 11.2 Å². The predicted octanol–water partition coefficient (Wildman–Crippen LogP) is 8.77. The first-order valence-electron chi connectivity index (χ1n) is 16.0. The summed E-state index contributed by atoms with van der Waals surface area (Å²) in [4.78, 5) is 23.9. The molecule has 0 saturated carbocycles. The molecule has 7 nitrogen and oxygen atoms in total. The molecule has 0 aliphatic carbocycles. The van der Waals surface area contributed by atoms with Crippen LogP contribution in [0.2, 0.25) is 0 Å². The SMILES string of the molecule is C=O.CCC(C)(C)CC1=C(C)C(c2ccc(OCc3ccccc3)cc2F)N(C(=O)CCc2ccccc2)c2cccc(O)c2N1.CO. The van der Waals surface area contributed by atoms with Gasteiger partial charge in [0.05, 0.1) is 11.7 Å². The number of rotatable bonds is 10. The van der Waals surface area contributed by atoms with E-state index in [1.807, 2.05) is 80.4 Å². The molecule has 1 amide bonds. The lowest BCUT2D eigenvalue weighted by Crippen LogP contribution is -2.36. The predicted molar refractivity (Wildman–Crippen MR) is 191 cm³/mol. The molecule has 0 saturated heterocycles. The van der Waals surface area contributed by atoms with Gasteiger partial charge >= 0.3 is 0 Å². The summed E-state index contributed by atoms with van der Waals surface area (Å²) in [6.07, 6.45) is 2.34. The van der Waals surface area contributed by atoms with Crippen molar-refractivity contribution in [1.29, 1.82) is 0 Å². The van der Waals surface area contributed by atoms with E-state index in [2.05, 4.69) is 26.1 Å². The average molecular weight is 655 g/mol. The Balaban J connectivity index is 0.00000151. The van der Waals surface area contributed by atoms with Gasteiger partial charge < -0.3 is 25.1 Å². The number of ether oxygens (including phenoxy) is 1. The van der Waals surface area contributed by atoms with Crippen molar-refractivity contribution in [2.75, 3.05) is 17.3 Å². The van der Waals surface area contributed by atoms with E-state index < -0.39 is 11.9 Å². The number of aromatic hydroxyl groups is 1. The van der Waals surface area contributed by atoms with E-state index in [0.717, 1.165) is 35.9 Å². The summed E-state index contributed by atoms with van der Waals surface area (Å²) < 4.78 is 22.2. The van der Waals surface area contributed by atoms with Gasteiger partial charge in [0.2, 0.25) is 5.91 Å². The summed E-state index contributed by atoms with van der Waals surface area (Å²) in [6, 6.07) is 28.9. The Bertz CT molecular complexity index is 1660. The van der Waals surface area contributed by atoms with Crippen LogP contribution >= 0.6 is 0 Å². The summed E-state index contributed by atoms with van der Waals surface area (Å²) >= 11 is 0. The highest BCUT2D eigenvalue weighted by Gasteiger charge is 2.37. The van der Waals surface area contributed by atoms with Crippen LogP contribution in [-0.2, 0) is 22.6 Å². The normalized spacial score (nSPS) is 13.9. The van der Waals surface area contributed by atoms with Gasteiger partial charge in [-0.3, -0.25) is 9.69 Å². The number of aliphatic hydroxyl groups is 1. The van der Waals surface area contributed by atoms with Gasteiger partial charge in [0.1, 0.15) is 36.4 Å². The molecule has 1 atom stereocenters. The molecule has 5 rings (SSSR count). The molecule has 1 unspecified atom stereocenters. The summed E-state index contributed by atoms with van der Waals surface area (Å²) in [6.45, 7) is 10.8. The number of allylic oxidation sites excluding steroid dienone is 1. The molecule has 1 heterocycles. The van der Waals surface area contributed by atoms with Crippen LogP contribution in [0.3, 0.4) is 0 Å². The number of carbonyl (C=O) groups is 2. The molecule has 0 aromatic heterocycles. The maximum atomic E-state index is 16.2. The number of aryl methyl sites for hydroxylation is 1. The number of hydrogen-bond donors (Lipinski definition) is 3. The maximum absolute atomic E-state index is 16.2. The molecule has 0 radical (unpaired) electrons. The second-order valence-corrected chi connectivity index (χ2v) is 12.3. The van der Waals surface area contributed by atoms with Crippen LogP contribution in [-0.4, -0.2) is 30.0 Å². The van der Waals surface area contributed by atoms with Crippen LogP contribution < -0.4 is 15.0 Å². The molecule has 4 aromatic rings. The first-order valence-corrected chi connectivity index (χ1v) is 16.0. The Kier molecular flexibility index (Phi) is 13.9. The smallest absolute Gasteiger partial charge is 0.228 e. The fourth-order valence-electron chi connectivity index (χ4n) is 5.62. The minimum atomic E-state index is -0.736. The Morgan fingerprint density at radius 3 is 2.17 bits per heavy atom. The van der Waals surface area contributed by atoms with Crippen molar-refractivity contribution in [3.05, 3.63) is 131 Å². The topological polar surface area (TPSA) is 99.1 Å². The fourth-order valence-corrected chi connectivity index (χ4v) is 5.62. The van der Waals surface area contributed by atoms with Gasteiger partial charge in [-0.2, -0.15) is 0 Å². The molecule has 8 heteroatoms. The third kappa shape index (κ3) is 9.32. The number of carbonyl (C=O) groups excluding carboxylic acids is 2. The minimum absolute atomic E-state index is 0.0359. The number of benzene rings is 4. The molecule has 1 aliphatic rings. The number of phenols is 1. The van der Waals surface area contributed by atoms with Gasteiger partial charge in [0, 0.05) is 30.9 Å². The summed E-state index contributed by atoms with van der Waals surface area (Å²) in [5, 5.41) is 21.5. The third-order valence-corrected chi connectivity index (χ3v) is 8.57. The number of fused-ring (bicyclic) bond motifs is 1. The molecule has 1 aliphatic heterocycles. The van der Waals surface area contributed by atoms with E-state index in [4.69, 9.17) is 14.6 Å². The highest BCUT2D eigenvalue weighted by molar-refractivity contribution is 6.00. The lowest BCUT2D eigenvalue weighted by atomic mass is 9.83. The van der Waals surface area contributed by atoms with E-state index in [-0.39, 0.29) is 23.5 Å². The fraction of sp³-hybridized carbons (Fsp3) is 0.300. The summed E-state index contributed by atoms with van der Waals surface area (Å²) in [5.41, 5.74) is 4.99. The number of nitrogens with one attached hydrogen (secondary N) is 1. The van der Waals surface area contributed by atoms with Crippen molar-refractivity contribution in [2.45, 2.75) is 66.0 Å². The molecular weight excluding hydrogens is 607 g/mol. The van der Waals surface area contributed by atoms with E-state index >= 15 is 4.39 Å². The van der Waals surface area contributed by atoms with Crippen molar-refractivity contribution in [3.63, 3.8) is 0 Å². The molecule has 254 valence electrons. The standard InChI is InChI=1S/C38H41FN2O3.CH4O.CH2O/c1-5-38(3,4)24-32-26(2)37(30-21-20-29(23-31(30)39)44-25-28-15-10-7-11-16-28)41(33-17-12-18-34(42)36(33)40-32)35(43)22-19-27-13-8-6-9-14-27;2*1-2/h6-18,20-21,23,37,40,42H,5,19,22,24-25H2,1-4H3;2H,1H3;1H2. The first kappa shape index (κ1) is 37.5. The molecule has 3 N–H and O–H groups in total. The molecule has 48 heavy (non-hydrogen) atoms. The van der Waals surface area contributed by atoms with Crippen LogP contribution in [0.5, 0.6) is 11.5 Å². The van der Waals surface area contributed by atoms with E-state index in [1.165, 1.54) is 6.07 Å². The molecule has 4 aromatic carbocycles. The minimum Gasteiger partial charge on any atom is -0.506 e. The highest BCUT2D eigenvalue weighted by atomic mass is 19.1. The van der Waals surface area contributed by atoms with Crippen molar-refractivity contribution in [1.82, 2.24) is 0 Å². The number of aliphatic hydroxyl groups excluding tert-OH is 1. The zero-order chi connectivity index (χ0) is 35.3. The summed E-state index contributed by atoms with van der Waals surface area (Å²) in [5.74, 6) is -0.172. The van der Waals surface area contributed by atoms with Gasteiger partial charge in [0.25, 0.3) is 0 Å². The maximum Gasteiger partial charge on any atom is 0.228 e. The molecule has 0 fully saturated rings. The average Bonchev–Trinajstić information content (AvgIpc) is 3.23. The second kappa shape index (κ2) is 17.8. The Morgan fingerprint density at radius 2 is 1.56 bits per heavy atom. The Hall–Kier alpha value is -4.95. The monoisotopic (exact) mass is 654 g/mol. The Morgan fingerprint density at radius 1 is 0.938 bits per heavy atom. The molecular formula is C40H47FN2O5. The van der Waals surface area contributed by atoms with Crippen LogP contribution in [0.4, 0.5) is 15.8 Å².